The molecule has 4 heteroatoms. The Bertz CT molecular complexity index is 354. The maximum atomic E-state index is 10.9. The van der Waals surface area contributed by atoms with E-state index >= 15 is 0 Å². The predicted octanol–water partition coefficient (Wildman–Crippen LogP) is 0.0362. The van der Waals surface area contributed by atoms with Crippen LogP contribution < -0.4 is 11.2 Å². The fourth-order valence-corrected chi connectivity index (χ4v) is 0.900. The summed E-state index contributed by atoms with van der Waals surface area (Å²) < 4.78 is 0. The molecule has 0 spiro atoms. The maximum Gasteiger partial charge on any atom is 0.182 e. The fraction of sp³-hybridized carbons (Fsp3) is 0.250. The van der Waals surface area contributed by atoms with Crippen LogP contribution in [0.1, 0.15) is 23.1 Å². The molecule has 1 aromatic rings. The number of pyridine rings is 1. The largest absolute Gasteiger partial charge is 0.355 e. The summed E-state index contributed by atoms with van der Waals surface area (Å²) in [6, 6.07) is 2.65. The smallest absolute Gasteiger partial charge is 0.182 e. The van der Waals surface area contributed by atoms with Crippen molar-refractivity contribution in [1.29, 1.82) is 0 Å². The van der Waals surface area contributed by atoms with Crippen molar-refractivity contribution in [3.05, 3.63) is 33.7 Å². The Morgan fingerprint density at radius 3 is 2.75 bits per heavy atom. The zero-order valence-electron chi connectivity index (χ0n) is 6.76. The van der Waals surface area contributed by atoms with Crippen LogP contribution in [-0.2, 0) is 6.54 Å². The van der Waals surface area contributed by atoms with Gasteiger partial charge in [-0.2, -0.15) is 0 Å². The molecule has 12 heavy (non-hydrogen) atoms. The van der Waals surface area contributed by atoms with E-state index in [0.717, 1.165) is 0 Å². The summed E-state index contributed by atoms with van der Waals surface area (Å²) in [7, 11) is 0. The normalized spacial score (nSPS) is 9.83. The first-order chi connectivity index (χ1) is 5.63. The van der Waals surface area contributed by atoms with Crippen LogP contribution in [0, 0.1) is 0 Å². The highest BCUT2D eigenvalue weighted by molar-refractivity contribution is 5.92. The van der Waals surface area contributed by atoms with Gasteiger partial charge in [0.05, 0.1) is 5.69 Å². The van der Waals surface area contributed by atoms with Crippen LogP contribution in [0.4, 0.5) is 0 Å². The average Bonchev–Trinajstić information content (AvgIpc) is 2.03. The molecule has 1 aromatic heterocycles. The summed E-state index contributed by atoms with van der Waals surface area (Å²) in [5.41, 5.74) is 6.00. The van der Waals surface area contributed by atoms with Gasteiger partial charge in [-0.05, 0) is 0 Å². The highest BCUT2D eigenvalue weighted by Gasteiger charge is 2.01. The Balaban J connectivity index is 3.24. The first-order valence-corrected chi connectivity index (χ1v) is 3.57. The Morgan fingerprint density at radius 1 is 1.58 bits per heavy atom. The molecule has 0 aliphatic rings. The van der Waals surface area contributed by atoms with Crippen molar-refractivity contribution in [2.45, 2.75) is 13.5 Å². The van der Waals surface area contributed by atoms with E-state index < -0.39 is 0 Å². The molecule has 4 nitrogen and oxygen atoms in total. The quantitative estimate of drug-likeness (QED) is 0.609. The zero-order chi connectivity index (χ0) is 9.14. The molecule has 0 bridgehead atoms. The predicted molar refractivity (Wildman–Crippen MR) is 45.0 cm³/mol. The van der Waals surface area contributed by atoms with Crippen LogP contribution in [0.25, 0.3) is 0 Å². The minimum Gasteiger partial charge on any atom is -0.355 e. The van der Waals surface area contributed by atoms with Crippen LogP contribution in [0.5, 0.6) is 0 Å². The van der Waals surface area contributed by atoms with Gasteiger partial charge in [0, 0.05) is 31.3 Å². The molecule has 3 N–H and O–H groups in total. The Hall–Kier alpha value is -1.42. The number of aromatic nitrogens is 1. The number of hydrogen-bond donors (Lipinski definition) is 2. The standard InChI is InChI=1S/C8H10N2O2/c1-5(11)8-3-7(12)2-6(4-9)10-8/h2-3H,4,9H2,1H3,(H,10,12). The Kier molecular flexibility index (Phi) is 2.40. The minimum absolute atomic E-state index is 0.164. The van der Waals surface area contributed by atoms with E-state index in [4.69, 9.17) is 5.73 Å². The average molecular weight is 166 g/mol. The molecule has 0 unspecified atom stereocenters. The van der Waals surface area contributed by atoms with Gasteiger partial charge in [0.25, 0.3) is 0 Å². The van der Waals surface area contributed by atoms with Gasteiger partial charge in [-0.1, -0.05) is 0 Å². The summed E-state index contributed by atoms with van der Waals surface area (Å²) >= 11 is 0. The van der Waals surface area contributed by atoms with Crippen LogP contribution in [0.2, 0.25) is 0 Å². The summed E-state index contributed by atoms with van der Waals surface area (Å²) in [6.07, 6.45) is 0. The molecule has 64 valence electrons. The molecular weight excluding hydrogens is 156 g/mol. The van der Waals surface area contributed by atoms with E-state index in [1.807, 2.05) is 0 Å². The first kappa shape index (κ1) is 8.67. The third kappa shape index (κ3) is 1.79. The van der Waals surface area contributed by atoms with E-state index in [9.17, 15) is 9.59 Å². The van der Waals surface area contributed by atoms with Crippen molar-refractivity contribution in [3.63, 3.8) is 0 Å². The molecule has 0 saturated carbocycles. The van der Waals surface area contributed by atoms with Crippen molar-refractivity contribution in [1.82, 2.24) is 4.98 Å². The lowest BCUT2D eigenvalue weighted by atomic mass is 10.2. The van der Waals surface area contributed by atoms with Crippen molar-refractivity contribution < 1.29 is 4.79 Å². The first-order valence-electron chi connectivity index (χ1n) is 3.57. The number of nitrogens with two attached hydrogens (primary N) is 1. The zero-order valence-corrected chi connectivity index (χ0v) is 6.76. The number of ketones is 1. The summed E-state index contributed by atoms with van der Waals surface area (Å²) in [6.45, 7) is 1.63. The second-order valence-corrected chi connectivity index (χ2v) is 2.52. The van der Waals surface area contributed by atoms with Crippen molar-refractivity contribution in [3.8, 4) is 0 Å². The minimum atomic E-state index is -0.195. The van der Waals surface area contributed by atoms with Gasteiger partial charge < -0.3 is 10.7 Å². The number of hydrogen-bond acceptors (Lipinski definition) is 3. The van der Waals surface area contributed by atoms with E-state index in [2.05, 4.69) is 4.98 Å². The second-order valence-electron chi connectivity index (χ2n) is 2.52. The molecule has 1 heterocycles. The number of aromatic amines is 1. The van der Waals surface area contributed by atoms with Gasteiger partial charge in [0.1, 0.15) is 0 Å². The summed E-state index contributed by atoms with van der Waals surface area (Å²) in [5.74, 6) is -0.164. The SMILES string of the molecule is CC(=O)c1cc(=O)cc(CN)[nH]1. The molecule has 0 fully saturated rings. The topological polar surface area (TPSA) is 75.9 Å². The highest BCUT2D eigenvalue weighted by Crippen LogP contribution is 1.94. The molecule has 0 atom stereocenters. The van der Waals surface area contributed by atoms with Gasteiger partial charge in [0.15, 0.2) is 11.2 Å². The van der Waals surface area contributed by atoms with Crippen molar-refractivity contribution in [2.24, 2.45) is 5.73 Å². The number of nitrogens with one attached hydrogen (secondary N) is 1. The van der Waals surface area contributed by atoms with Gasteiger partial charge in [-0.15, -0.1) is 0 Å². The third-order valence-electron chi connectivity index (χ3n) is 1.50. The fourth-order valence-electron chi connectivity index (χ4n) is 0.900. The van der Waals surface area contributed by atoms with Gasteiger partial charge in [0.2, 0.25) is 0 Å². The van der Waals surface area contributed by atoms with E-state index in [1.165, 1.54) is 19.1 Å². The van der Waals surface area contributed by atoms with Crippen LogP contribution >= 0.6 is 0 Å². The molecule has 1 rings (SSSR count). The van der Waals surface area contributed by atoms with Crippen molar-refractivity contribution in [2.75, 3.05) is 0 Å². The van der Waals surface area contributed by atoms with Crippen LogP contribution in [0.15, 0.2) is 16.9 Å². The second kappa shape index (κ2) is 3.32. The lowest BCUT2D eigenvalue weighted by molar-refractivity contribution is 0.101. The maximum absolute atomic E-state index is 10.9. The van der Waals surface area contributed by atoms with Crippen molar-refractivity contribution >= 4 is 5.78 Å². The number of rotatable bonds is 2. The molecule has 0 amide bonds. The molecule has 0 saturated heterocycles. The van der Waals surface area contributed by atoms with E-state index in [-0.39, 0.29) is 17.8 Å². The van der Waals surface area contributed by atoms with Gasteiger partial charge >= 0.3 is 0 Å². The molecule has 0 aromatic carbocycles. The van der Waals surface area contributed by atoms with Crippen LogP contribution in [0.3, 0.4) is 0 Å². The molecular formula is C8H10N2O2. The highest BCUT2D eigenvalue weighted by atomic mass is 16.1. The molecule has 0 aliphatic carbocycles. The Labute approximate surface area is 69.4 Å². The number of carbonyl (C=O) groups is 1. The Morgan fingerprint density at radius 2 is 2.25 bits per heavy atom. The summed E-state index contributed by atoms with van der Waals surface area (Å²) in [4.78, 5) is 24.6. The lowest BCUT2D eigenvalue weighted by Gasteiger charge is -1.99. The van der Waals surface area contributed by atoms with E-state index in [0.29, 0.717) is 11.4 Å². The molecule has 0 aliphatic heterocycles. The number of carbonyl (C=O) groups excluding carboxylic acids is 1. The van der Waals surface area contributed by atoms with Gasteiger partial charge in [-0.3, -0.25) is 9.59 Å². The van der Waals surface area contributed by atoms with E-state index in [1.54, 1.807) is 0 Å². The third-order valence-corrected chi connectivity index (χ3v) is 1.50. The lowest BCUT2D eigenvalue weighted by Crippen LogP contribution is -2.11. The monoisotopic (exact) mass is 166 g/mol. The molecule has 0 radical (unpaired) electrons. The van der Waals surface area contributed by atoms with Gasteiger partial charge in [-0.25, -0.2) is 0 Å². The number of Topliss-reactive ketones (excluding diaryl/α,β-unsaturated/α-hetero) is 1. The number of H-pyrrole nitrogens is 1. The van der Waals surface area contributed by atoms with Crippen LogP contribution in [-0.4, -0.2) is 10.8 Å². The summed E-state index contributed by atoms with van der Waals surface area (Å²) in [5, 5.41) is 0.